The Morgan fingerprint density at radius 1 is 1.35 bits per heavy atom. The second-order valence-corrected chi connectivity index (χ2v) is 6.40. The van der Waals surface area contributed by atoms with Gasteiger partial charge in [0.15, 0.2) is 9.84 Å². The molecule has 1 aromatic rings. The molecule has 110 valence electrons. The zero-order valence-electron chi connectivity index (χ0n) is 11.2. The van der Waals surface area contributed by atoms with Crippen molar-refractivity contribution < 1.29 is 22.7 Å². The van der Waals surface area contributed by atoms with E-state index in [0.717, 1.165) is 0 Å². The molecule has 0 fully saturated rings. The highest BCUT2D eigenvalue weighted by molar-refractivity contribution is 7.91. The second kappa shape index (κ2) is 7.88. The predicted molar refractivity (Wildman–Crippen MR) is 74.8 cm³/mol. The maximum absolute atomic E-state index is 13.1. The molecule has 0 heterocycles. The van der Waals surface area contributed by atoms with E-state index in [1.165, 1.54) is 18.2 Å². The summed E-state index contributed by atoms with van der Waals surface area (Å²) in [6, 6.07) is 3.78. The SMILES string of the molecule is CCCS(=O)(=O)CCOc1ccc(F)cc1C#CCO. The van der Waals surface area contributed by atoms with Crippen molar-refractivity contribution in [2.45, 2.75) is 13.3 Å². The highest BCUT2D eigenvalue weighted by Crippen LogP contribution is 2.18. The van der Waals surface area contributed by atoms with Gasteiger partial charge in [-0.3, -0.25) is 0 Å². The topological polar surface area (TPSA) is 63.6 Å². The molecule has 0 saturated heterocycles. The van der Waals surface area contributed by atoms with Gasteiger partial charge in [-0.25, -0.2) is 12.8 Å². The third kappa shape index (κ3) is 5.59. The van der Waals surface area contributed by atoms with Crippen molar-refractivity contribution in [3.05, 3.63) is 29.6 Å². The molecule has 1 rings (SSSR count). The minimum atomic E-state index is -3.11. The van der Waals surface area contributed by atoms with E-state index in [4.69, 9.17) is 9.84 Å². The Hall–Kier alpha value is -1.58. The quantitative estimate of drug-likeness (QED) is 0.806. The molecule has 0 spiro atoms. The molecule has 0 atom stereocenters. The fourth-order valence-electron chi connectivity index (χ4n) is 1.55. The van der Waals surface area contributed by atoms with Crippen molar-refractivity contribution >= 4 is 9.84 Å². The summed E-state index contributed by atoms with van der Waals surface area (Å²) in [5.41, 5.74) is 0.284. The third-order valence-electron chi connectivity index (χ3n) is 2.41. The molecular formula is C14H17FO4S. The van der Waals surface area contributed by atoms with Crippen molar-refractivity contribution in [1.29, 1.82) is 0 Å². The molecule has 0 saturated carbocycles. The molecule has 0 aliphatic heterocycles. The Balaban J connectivity index is 2.73. The average molecular weight is 300 g/mol. The largest absolute Gasteiger partial charge is 0.491 e. The maximum Gasteiger partial charge on any atom is 0.153 e. The van der Waals surface area contributed by atoms with Crippen LogP contribution >= 0.6 is 0 Å². The van der Waals surface area contributed by atoms with Crippen molar-refractivity contribution in [2.75, 3.05) is 24.7 Å². The molecule has 0 radical (unpaired) electrons. The molecular weight excluding hydrogens is 283 g/mol. The number of rotatable bonds is 6. The minimum Gasteiger partial charge on any atom is -0.491 e. The van der Waals surface area contributed by atoms with Gasteiger partial charge in [0, 0.05) is 0 Å². The summed E-state index contributed by atoms with van der Waals surface area (Å²) in [5.74, 6) is 4.82. The summed E-state index contributed by atoms with van der Waals surface area (Å²) in [6.45, 7) is 1.43. The Bertz CT molecular complexity index is 599. The molecule has 4 nitrogen and oxygen atoms in total. The van der Waals surface area contributed by atoms with E-state index >= 15 is 0 Å². The summed E-state index contributed by atoms with van der Waals surface area (Å²) >= 11 is 0. The van der Waals surface area contributed by atoms with Crippen LogP contribution < -0.4 is 4.74 Å². The highest BCUT2D eigenvalue weighted by Gasteiger charge is 2.10. The van der Waals surface area contributed by atoms with Crippen LogP contribution in [0.3, 0.4) is 0 Å². The van der Waals surface area contributed by atoms with Gasteiger partial charge >= 0.3 is 0 Å². The molecule has 1 aromatic carbocycles. The van der Waals surface area contributed by atoms with E-state index in [0.29, 0.717) is 12.2 Å². The van der Waals surface area contributed by atoms with Crippen LogP contribution in [0.15, 0.2) is 18.2 Å². The van der Waals surface area contributed by atoms with Crippen LogP contribution in [0.1, 0.15) is 18.9 Å². The van der Waals surface area contributed by atoms with Gasteiger partial charge in [0.2, 0.25) is 0 Å². The molecule has 1 N–H and O–H groups in total. The van der Waals surface area contributed by atoms with E-state index in [2.05, 4.69) is 11.8 Å². The fourth-order valence-corrected chi connectivity index (χ4v) is 2.72. The molecule has 0 unspecified atom stereocenters. The maximum atomic E-state index is 13.1. The van der Waals surface area contributed by atoms with Gasteiger partial charge < -0.3 is 9.84 Å². The number of benzene rings is 1. The summed E-state index contributed by atoms with van der Waals surface area (Å²) < 4.78 is 41.5. The van der Waals surface area contributed by atoms with E-state index in [1.807, 2.05) is 0 Å². The Kier molecular flexibility index (Phi) is 6.49. The first-order chi connectivity index (χ1) is 9.48. The Labute approximate surface area is 118 Å². The van der Waals surface area contributed by atoms with Gasteiger partial charge in [-0.15, -0.1) is 0 Å². The van der Waals surface area contributed by atoms with Gasteiger partial charge in [0.25, 0.3) is 0 Å². The lowest BCUT2D eigenvalue weighted by molar-refractivity contribution is 0.339. The van der Waals surface area contributed by atoms with Crippen molar-refractivity contribution in [1.82, 2.24) is 0 Å². The number of aliphatic hydroxyl groups excluding tert-OH is 1. The van der Waals surface area contributed by atoms with Gasteiger partial charge in [-0.05, 0) is 24.6 Å². The summed E-state index contributed by atoms with van der Waals surface area (Å²) in [5, 5.41) is 8.64. The van der Waals surface area contributed by atoms with Crippen LogP contribution in [-0.2, 0) is 9.84 Å². The number of ether oxygens (including phenoxy) is 1. The monoisotopic (exact) mass is 300 g/mol. The molecule has 0 aliphatic rings. The lowest BCUT2D eigenvalue weighted by Crippen LogP contribution is -2.17. The van der Waals surface area contributed by atoms with E-state index in [1.54, 1.807) is 6.92 Å². The molecule has 6 heteroatoms. The number of hydrogen-bond donors (Lipinski definition) is 1. The first-order valence-corrected chi connectivity index (χ1v) is 8.03. The molecule has 0 bridgehead atoms. The second-order valence-electron chi connectivity index (χ2n) is 4.10. The van der Waals surface area contributed by atoms with Crippen LogP contribution in [0.25, 0.3) is 0 Å². The van der Waals surface area contributed by atoms with E-state index < -0.39 is 15.7 Å². The summed E-state index contributed by atoms with van der Waals surface area (Å²) in [7, 11) is -3.11. The van der Waals surface area contributed by atoms with Gasteiger partial charge in [-0.1, -0.05) is 18.8 Å². The zero-order chi connectivity index (χ0) is 15.0. The first-order valence-electron chi connectivity index (χ1n) is 6.21. The van der Waals surface area contributed by atoms with Crippen molar-refractivity contribution in [2.24, 2.45) is 0 Å². The van der Waals surface area contributed by atoms with E-state index in [-0.39, 0.29) is 30.3 Å². The number of sulfone groups is 1. The zero-order valence-corrected chi connectivity index (χ0v) is 12.0. The molecule has 0 aliphatic carbocycles. The van der Waals surface area contributed by atoms with Crippen LogP contribution in [0.5, 0.6) is 5.75 Å². The molecule has 0 aromatic heterocycles. The van der Waals surface area contributed by atoms with Crippen molar-refractivity contribution in [3.63, 3.8) is 0 Å². The van der Waals surface area contributed by atoms with Gasteiger partial charge in [0.1, 0.15) is 24.8 Å². The highest BCUT2D eigenvalue weighted by atomic mass is 32.2. The number of hydrogen-bond acceptors (Lipinski definition) is 4. The summed E-state index contributed by atoms with van der Waals surface area (Å²) in [6.07, 6.45) is 0.562. The lowest BCUT2D eigenvalue weighted by Gasteiger charge is -2.08. The first kappa shape index (κ1) is 16.5. The fraction of sp³-hybridized carbons (Fsp3) is 0.429. The predicted octanol–water partition coefficient (Wildman–Crippen LogP) is 1.37. The average Bonchev–Trinajstić information content (AvgIpc) is 2.38. The standard InChI is InChI=1S/C14H17FO4S/c1-2-9-20(17,18)10-8-19-14-6-5-13(15)11-12(14)4-3-7-16/h5-6,11,16H,2,7-10H2,1H3. The van der Waals surface area contributed by atoms with Crippen LogP contribution in [0.4, 0.5) is 4.39 Å². The normalized spacial score (nSPS) is 10.8. The minimum absolute atomic E-state index is 0.0121. The number of halogens is 1. The van der Waals surface area contributed by atoms with Gasteiger partial charge in [0.05, 0.1) is 17.1 Å². The van der Waals surface area contributed by atoms with Crippen molar-refractivity contribution in [3.8, 4) is 17.6 Å². The Morgan fingerprint density at radius 2 is 2.10 bits per heavy atom. The van der Waals surface area contributed by atoms with Crippen LogP contribution in [0, 0.1) is 17.7 Å². The Morgan fingerprint density at radius 3 is 2.75 bits per heavy atom. The molecule has 0 amide bonds. The molecule has 20 heavy (non-hydrogen) atoms. The van der Waals surface area contributed by atoms with E-state index in [9.17, 15) is 12.8 Å². The third-order valence-corrected chi connectivity index (χ3v) is 4.23. The summed E-state index contributed by atoms with van der Waals surface area (Å²) in [4.78, 5) is 0. The number of aliphatic hydroxyl groups is 1. The van der Waals surface area contributed by atoms with Crippen LogP contribution in [-0.4, -0.2) is 38.2 Å². The van der Waals surface area contributed by atoms with Gasteiger partial charge in [-0.2, -0.15) is 0 Å². The smallest absolute Gasteiger partial charge is 0.153 e. The lowest BCUT2D eigenvalue weighted by atomic mass is 10.2. The van der Waals surface area contributed by atoms with Crippen LogP contribution in [0.2, 0.25) is 0 Å².